The lowest BCUT2D eigenvalue weighted by atomic mass is 9.95. The van der Waals surface area contributed by atoms with Gasteiger partial charge in [0.15, 0.2) is 5.78 Å². The second-order valence-corrected chi connectivity index (χ2v) is 6.39. The third-order valence-electron chi connectivity index (χ3n) is 3.45. The number of carbonyl (C=O) groups is 2. The Labute approximate surface area is 134 Å². The summed E-state index contributed by atoms with van der Waals surface area (Å²) in [5.41, 5.74) is 0.456. The molecule has 1 amide bonds. The quantitative estimate of drug-likeness (QED) is 0.835. The van der Waals surface area contributed by atoms with Crippen LogP contribution >= 0.6 is 23.2 Å². The Hall–Kier alpha value is -1.10. The predicted molar refractivity (Wildman–Crippen MR) is 84.0 cm³/mol. The smallest absolute Gasteiger partial charge is 0.237 e. The van der Waals surface area contributed by atoms with Crippen LogP contribution in [0.3, 0.4) is 0 Å². The molecule has 1 heterocycles. The first kappa shape index (κ1) is 16.3. The van der Waals surface area contributed by atoms with E-state index < -0.39 is 0 Å². The normalized spacial score (nSPS) is 21.6. The van der Waals surface area contributed by atoms with E-state index in [0.717, 1.165) is 0 Å². The molecule has 1 fully saturated rings. The predicted octanol–water partition coefficient (Wildman–Crippen LogP) is 2.68. The fraction of sp³-hybridized carbons (Fsp3) is 0.467. The Bertz CT molecular complexity index is 561. The number of nitrogens with one attached hydrogen (secondary N) is 2. The van der Waals surface area contributed by atoms with Crippen molar-refractivity contribution in [3.05, 3.63) is 33.8 Å². The molecule has 0 saturated carbocycles. The van der Waals surface area contributed by atoms with Crippen molar-refractivity contribution in [2.24, 2.45) is 5.92 Å². The number of rotatable bonds is 4. The van der Waals surface area contributed by atoms with Crippen LogP contribution in [-0.4, -0.2) is 30.3 Å². The SMILES string of the molecule is CC(C)NC(=O)C1CC(C(=O)c2ccc(Cl)cc2Cl)CN1. The highest BCUT2D eigenvalue weighted by molar-refractivity contribution is 6.36. The van der Waals surface area contributed by atoms with Crippen LogP contribution in [0.25, 0.3) is 0 Å². The minimum absolute atomic E-state index is 0.0518. The Morgan fingerprint density at radius 2 is 2.05 bits per heavy atom. The number of ketones is 1. The van der Waals surface area contributed by atoms with E-state index >= 15 is 0 Å². The number of halogens is 2. The molecule has 0 aromatic heterocycles. The Balaban J connectivity index is 2.04. The highest BCUT2D eigenvalue weighted by atomic mass is 35.5. The van der Waals surface area contributed by atoms with E-state index in [1.807, 2.05) is 13.8 Å². The molecular formula is C15H18Cl2N2O2. The summed E-state index contributed by atoms with van der Waals surface area (Å²) in [6.45, 7) is 4.29. The van der Waals surface area contributed by atoms with Crippen molar-refractivity contribution in [2.75, 3.05) is 6.54 Å². The van der Waals surface area contributed by atoms with Crippen molar-refractivity contribution in [3.63, 3.8) is 0 Å². The fourth-order valence-corrected chi connectivity index (χ4v) is 2.93. The molecule has 2 N–H and O–H groups in total. The monoisotopic (exact) mass is 328 g/mol. The van der Waals surface area contributed by atoms with Gasteiger partial charge in [-0.3, -0.25) is 9.59 Å². The highest BCUT2D eigenvalue weighted by Gasteiger charge is 2.34. The zero-order valence-electron chi connectivity index (χ0n) is 12.0. The van der Waals surface area contributed by atoms with Gasteiger partial charge in [-0.05, 0) is 38.5 Å². The number of hydrogen-bond donors (Lipinski definition) is 2. The second kappa shape index (κ2) is 6.77. The van der Waals surface area contributed by atoms with Gasteiger partial charge in [0.1, 0.15) is 0 Å². The Morgan fingerprint density at radius 3 is 2.67 bits per heavy atom. The lowest BCUT2D eigenvalue weighted by Gasteiger charge is -2.13. The first-order valence-corrected chi connectivity index (χ1v) is 7.67. The van der Waals surface area contributed by atoms with E-state index in [-0.39, 0.29) is 29.7 Å². The standard InChI is InChI=1S/C15H18Cl2N2O2/c1-8(2)19-15(21)13-5-9(7-18-13)14(20)11-4-3-10(16)6-12(11)17/h3-4,6,8-9,13,18H,5,7H2,1-2H3,(H,19,21). The van der Waals surface area contributed by atoms with Gasteiger partial charge in [-0.25, -0.2) is 0 Å². The maximum Gasteiger partial charge on any atom is 0.237 e. The number of benzene rings is 1. The van der Waals surface area contributed by atoms with Crippen LogP contribution in [0.15, 0.2) is 18.2 Å². The zero-order chi connectivity index (χ0) is 15.6. The fourth-order valence-electron chi connectivity index (χ4n) is 2.43. The third-order valence-corrected chi connectivity index (χ3v) is 3.99. The summed E-state index contributed by atoms with van der Waals surface area (Å²) in [5.74, 6) is -0.363. The van der Waals surface area contributed by atoms with Crippen LogP contribution < -0.4 is 10.6 Å². The van der Waals surface area contributed by atoms with Gasteiger partial charge in [0.25, 0.3) is 0 Å². The number of carbonyl (C=O) groups excluding carboxylic acids is 2. The molecule has 21 heavy (non-hydrogen) atoms. The van der Waals surface area contributed by atoms with Gasteiger partial charge in [0.2, 0.25) is 5.91 Å². The van der Waals surface area contributed by atoms with E-state index in [2.05, 4.69) is 10.6 Å². The van der Waals surface area contributed by atoms with Crippen LogP contribution in [-0.2, 0) is 4.79 Å². The van der Waals surface area contributed by atoms with E-state index in [4.69, 9.17) is 23.2 Å². The van der Waals surface area contributed by atoms with Gasteiger partial charge in [-0.15, -0.1) is 0 Å². The molecule has 1 saturated heterocycles. The van der Waals surface area contributed by atoms with Crippen LogP contribution in [0.2, 0.25) is 10.0 Å². The van der Waals surface area contributed by atoms with Crippen LogP contribution in [0.1, 0.15) is 30.6 Å². The summed E-state index contributed by atoms with van der Waals surface area (Å²) >= 11 is 11.9. The van der Waals surface area contributed by atoms with E-state index in [1.54, 1.807) is 18.2 Å². The van der Waals surface area contributed by atoms with Gasteiger partial charge in [0, 0.05) is 29.1 Å². The van der Waals surface area contributed by atoms with Gasteiger partial charge in [-0.1, -0.05) is 23.2 Å². The Kier molecular flexibility index (Phi) is 5.25. The largest absolute Gasteiger partial charge is 0.353 e. The molecule has 2 atom stereocenters. The van der Waals surface area contributed by atoms with E-state index in [1.165, 1.54) is 0 Å². The maximum atomic E-state index is 12.5. The molecule has 6 heteroatoms. The molecule has 4 nitrogen and oxygen atoms in total. The molecule has 2 unspecified atom stereocenters. The molecule has 0 radical (unpaired) electrons. The lowest BCUT2D eigenvalue weighted by molar-refractivity contribution is -0.123. The first-order chi connectivity index (χ1) is 9.88. The molecule has 0 spiro atoms. The van der Waals surface area contributed by atoms with Crippen molar-refractivity contribution in [1.82, 2.24) is 10.6 Å². The third kappa shape index (κ3) is 3.96. The summed E-state index contributed by atoms with van der Waals surface area (Å²) in [7, 11) is 0. The molecule has 1 aromatic carbocycles. The lowest BCUT2D eigenvalue weighted by Crippen LogP contribution is -2.43. The van der Waals surface area contributed by atoms with Gasteiger partial charge >= 0.3 is 0 Å². The first-order valence-electron chi connectivity index (χ1n) is 6.91. The van der Waals surface area contributed by atoms with Crippen molar-refractivity contribution < 1.29 is 9.59 Å². The number of Topliss-reactive ketones (excluding diaryl/α,β-unsaturated/α-hetero) is 1. The van der Waals surface area contributed by atoms with Crippen molar-refractivity contribution in [2.45, 2.75) is 32.4 Å². The van der Waals surface area contributed by atoms with Gasteiger partial charge in [-0.2, -0.15) is 0 Å². The van der Waals surface area contributed by atoms with Crippen LogP contribution in [0.5, 0.6) is 0 Å². The van der Waals surface area contributed by atoms with Crippen molar-refractivity contribution >= 4 is 34.9 Å². The summed E-state index contributed by atoms with van der Waals surface area (Å²) in [5, 5.41) is 6.78. The molecule has 0 aliphatic carbocycles. The van der Waals surface area contributed by atoms with Gasteiger partial charge < -0.3 is 10.6 Å². The minimum atomic E-state index is -0.326. The molecular weight excluding hydrogens is 311 g/mol. The average molecular weight is 329 g/mol. The Morgan fingerprint density at radius 1 is 1.33 bits per heavy atom. The molecule has 1 aromatic rings. The summed E-state index contributed by atoms with van der Waals surface area (Å²) in [6, 6.07) is 4.59. The average Bonchev–Trinajstić information content (AvgIpc) is 2.86. The maximum absolute atomic E-state index is 12.5. The second-order valence-electron chi connectivity index (χ2n) is 5.55. The van der Waals surface area contributed by atoms with Crippen molar-refractivity contribution in [1.29, 1.82) is 0 Å². The van der Waals surface area contributed by atoms with Crippen molar-refractivity contribution in [3.8, 4) is 0 Å². The molecule has 1 aliphatic rings. The molecule has 1 aliphatic heterocycles. The van der Waals surface area contributed by atoms with E-state index in [0.29, 0.717) is 28.6 Å². The number of hydrogen-bond acceptors (Lipinski definition) is 3. The zero-order valence-corrected chi connectivity index (χ0v) is 13.5. The summed E-state index contributed by atoms with van der Waals surface area (Å²) in [6.07, 6.45) is 0.482. The summed E-state index contributed by atoms with van der Waals surface area (Å²) in [4.78, 5) is 24.4. The van der Waals surface area contributed by atoms with E-state index in [9.17, 15) is 9.59 Å². The molecule has 114 valence electrons. The van der Waals surface area contributed by atoms with Gasteiger partial charge in [0.05, 0.1) is 11.1 Å². The minimum Gasteiger partial charge on any atom is -0.353 e. The molecule has 0 bridgehead atoms. The van der Waals surface area contributed by atoms with Crippen LogP contribution in [0, 0.1) is 5.92 Å². The van der Waals surface area contributed by atoms with Crippen LogP contribution in [0.4, 0.5) is 0 Å². The topological polar surface area (TPSA) is 58.2 Å². The highest BCUT2D eigenvalue weighted by Crippen LogP contribution is 2.26. The number of amides is 1. The summed E-state index contributed by atoms with van der Waals surface area (Å²) < 4.78 is 0. The molecule has 2 rings (SSSR count).